The minimum Gasteiger partial charge on any atom is -0.444 e. The zero-order chi connectivity index (χ0) is 10.2. The van der Waals surface area contributed by atoms with Crippen molar-refractivity contribution in [1.29, 1.82) is 0 Å². The first-order valence-corrected chi connectivity index (χ1v) is 5.35. The molecule has 1 fully saturated rings. The third-order valence-electron chi connectivity index (χ3n) is 2.22. The first-order chi connectivity index (χ1) is 6.57. The molecular formula is C7H9BF3KN2S. The Balaban J connectivity index is 0.00000112. The maximum atomic E-state index is 12.3. The van der Waals surface area contributed by atoms with Crippen LogP contribution in [0.2, 0.25) is 0 Å². The molecule has 0 radical (unpaired) electrons. The van der Waals surface area contributed by atoms with Gasteiger partial charge < -0.3 is 17.8 Å². The summed E-state index contributed by atoms with van der Waals surface area (Å²) in [5.74, 6) is 0. The van der Waals surface area contributed by atoms with Gasteiger partial charge >= 0.3 is 58.4 Å². The maximum Gasteiger partial charge on any atom is 1.00 e. The molecule has 8 heteroatoms. The van der Waals surface area contributed by atoms with Crippen LogP contribution in [0.5, 0.6) is 0 Å². The fourth-order valence-electron chi connectivity index (χ4n) is 1.48. The van der Waals surface area contributed by atoms with E-state index in [-0.39, 0.29) is 51.4 Å². The fraction of sp³-hybridized carbons (Fsp3) is 0.571. The normalized spacial score (nSPS) is 16.6. The van der Waals surface area contributed by atoms with Crippen molar-refractivity contribution in [1.82, 2.24) is 4.98 Å². The van der Waals surface area contributed by atoms with E-state index in [1.807, 2.05) is 4.90 Å². The molecule has 0 bridgehead atoms. The minimum atomic E-state index is -4.93. The van der Waals surface area contributed by atoms with Crippen LogP contribution in [0.4, 0.5) is 18.1 Å². The van der Waals surface area contributed by atoms with Crippen LogP contribution >= 0.6 is 11.3 Å². The van der Waals surface area contributed by atoms with E-state index in [0.29, 0.717) is 5.13 Å². The van der Waals surface area contributed by atoms with Gasteiger partial charge in [-0.3, -0.25) is 4.98 Å². The van der Waals surface area contributed by atoms with Crippen molar-refractivity contribution < 1.29 is 64.3 Å². The van der Waals surface area contributed by atoms with Crippen LogP contribution in [0.3, 0.4) is 0 Å². The molecule has 0 unspecified atom stereocenters. The molecular weight excluding hydrogens is 251 g/mol. The molecule has 0 atom stereocenters. The molecule has 1 aliphatic heterocycles. The second kappa shape index (κ2) is 5.50. The molecule has 0 spiro atoms. The fourth-order valence-corrected chi connectivity index (χ4v) is 2.40. The average Bonchev–Trinajstić information content (AvgIpc) is 2.73. The van der Waals surface area contributed by atoms with Gasteiger partial charge in [0, 0.05) is 13.1 Å². The Kier molecular flexibility index (Phi) is 5.13. The Morgan fingerprint density at radius 3 is 2.33 bits per heavy atom. The second-order valence-corrected chi connectivity index (χ2v) is 4.16. The third-order valence-corrected chi connectivity index (χ3v) is 3.14. The van der Waals surface area contributed by atoms with Gasteiger partial charge in [0.15, 0.2) is 5.13 Å². The molecule has 15 heavy (non-hydrogen) atoms. The van der Waals surface area contributed by atoms with E-state index in [0.717, 1.165) is 42.6 Å². The van der Waals surface area contributed by atoms with E-state index in [9.17, 15) is 12.9 Å². The number of halogens is 3. The number of thiazole rings is 1. The topological polar surface area (TPSA) is 16.1 Å². The molecule has 1 aromatic rings. The molecule has 1 saturated heterocycles. The summed E-state index contributed by atoms with van der Waals surface area (Å²) >= 11 is 1.08. The molecule has 0 N–H and O–H groups in total. The van der Waals surface area contributed by atoms with Crippen LogP contribution < -0.4 is 61.9 Å². The van der Waals surface area contributed by atoms with Crippen molar-refractivity contribution in [2.45, 2.75) is 12.8 Å². The molecule has 0 aliphatic carbocycles. The number of nitrogens with zero attached hydrogens (tertiary/aromatic N) is 2. The van der Waals surface area contributed by atoms with Crippen molar-refractivity contribution >= 4 is 29.0 Å². The van der Waals surface area contributed by atoms with Crippen LogP contribution in [0.15, 0.2) is 5.38 Å². The summed E-state index contributed by atoms with van der Waals surface area (Å²) in [5.41, 5.74) is -0.711. The molecule has 78 valence electrons. The standard InChI is InChI=1S/C7H9BF3N2S.K/c9-8(10,11)6-5-14-7(12-6)13-3-1-2-4-13;/h5H,1-4H2;/q-1;+1. The molecule has 0 saturated carbocycles. The molecule has 2 nitrogen and oxygen atoms in total. The quantitative estimate of drug-likeness (QED) is 0.621. The number of aromatic nitrogens is 1. The number of hydrogen-bond donors (Lipinski definition) is 0. The Hall–Kier alpha value is 0.921. The summed E-state index contributed by atoms with van der Waals surface area (Å²) in [6.07, 6.45) is 2.10. The summed E-state index contributed by atoms with van der Waals surface area (Å²) in [5, 5.41) is 1.62. The molecule has 1 aromatic heterocycles. The van der Waals surface area contributed by atoms with Crippen LogP contribution in [0.25, 0.3) is 0 Å². The third kappa shape index (κ3) is 3.44. The molecule has 1 aliphatic rings. The van der Waals surface area contributed by atoms with Crippen molar-refractivity contribution in [2.75, 3.05) is 18.0 Å². The molecule has 2 heterocycles. The number of hydrogen-bond acceptors (Lipinski definition) is 3. The summed E-state index contributed by atoms with van der Waals surface area (Å²) in [4.78, 5) is 5.52. The van der Waals surface area contributed by atoms with Gasteiger partial charge in [-0.25, -0.2) is 0 Å². The minimum absolute atomic E-state index is 0. The average molecular weight is 260 g/mol. The summed E-state index contributed by atoms with van der Waals surface area (Å²) in [6.45, 7) is -3.27. The largest absolute Gasteiger partial charge is 1.00 e. The van der Waals surface area contributed by atoms with Gasteiger partial charge in [0.05, 0.1) is 0 Å². The molecule has 0 aromatic carbocycles. The van der Waals surface area contributed by atoms with Crippen molar-refractivity contribution in [2.24, 2.45) is 0 Å². The van der Waals surface area contributed by atoms with Crippen molar-refractivity contribution in [3.8, 4) is 0 Å². The van der Waals surface area contributed by atoms with Gasteiger partial charge in [0.1, 0.15) is 0 Å². The van der Waals surface area contributed by atoms with Gasteiger partial charge in [0.2, 0.25) is 0 Å². The first kappa shape index (κ1) is 14.0. The maximum absolute atomic E-state index is 12.3. The SMILES string of the molecule is F[B-](F)(F)c1csc(N2CCCC2)n1.[K+]. The smallest absolute Gasteiger partial charge is 0.444 e. The van der Waals surface area contributed by atoms with Gasteiger partial charge in [-0.1, -0.05) is 0 Å². The monoisotopic (exact) mass is 260 g/mol. The van der Waals surface area contributed by atoms with Gasteiger partial charge in [-0.15, -0.1) is 11.3 Å². The van der Waals surface area contributed by atoms with E-state index >= 15 is 0 Å². The molecule has 0 amide bonds. The van der Waals surface area contributed by atoms with E-state index in [1.165, 1.54) is 0 Å². The van der Waals surface area contributed by atoms with E-state index in [1.54, 1.807) is 0 Å². The predicted octanol–water partition coefficient (Wildman–Crippen LogP) is -1.20. The molecule has 2 rings (SSSR count). The second-order valence-electron chi connectivity index (χ2n) is 3.32. The van der Waals surface area contributed by atoms with Crippen LogP contribution in [0.1, 0.15) is 12.8 Å². The Bertz CT molecular complexity index is 324. The van der Waals surface area contributed by atoms with Crippen LogP contribution in [-0.2, 0) is 0 Å². The van der Waals surface area contributed by atoms with Crippen LogP contribution in [0, 0.1) is 0 Å². The summed E-state index contributed by atoms with van der Waals surface area (Å²) < 4.78 is 36.8. The summed E-state index contributed by atoms with van der Waals surface area (Å²) in [6, 6.07) is 0. The van der Waals surface area contributed by atoms with Gasteiger partial charge in [0.25, 0.3) is 0 Å². The number of anilines is 1. The Labute approximate surface area is 133 Å². The van der Waals surface area contributed by atoms with Crippen molar-refractivity contribution in [3.05, 3.63) is 5.38 Å². The van der Waals surface area contributed by atoms with E-state index in [2.05, 4.69) is 4.98 Å². The Morgan fingerprint density at radius 2 is 1.87 bits per heavy atom. The summed E-state index contributed by atoms with van der Waals surface area (Å²) in [7, 11) is 0. The Morgan fingerprint density at radius 1 is 1.27 bits per heavy atom. The first-order valence-electron chi connectivity index (χ1n) is 4.48. The number of rotatable bonds is 2. The zero-order valence-electron chi connectivity index (χ0n) is 8.42. The van der Waals surface area contributed by atoms with Crippen LogP contribution in [-0.4, -0.2) is 25.1 Å². The van der Waals surface area contributed by atoms with E-state index < -0.39 is 12.6 Å². The van der Waals surface area contributed by atoms with Crippen molar-refractivity contribution in [3.63, 3.8) is 0 Å². The predicted molar refractivity (Wildman–Crippen MR) is 52.3 cm³/mol. The van der Waals surface area contributed by atoms with E-state index in [4.69, 9.17) is 0 Å². The van der Waals surface area contributed by atoms with Gasteiger partial charge in [-0.2, -0.15) is 0 Å². The van der Waals surface area contributed by atoms with Gasteiger partial charge in [-0.05, 0) is 23.8 Å². The zero-order valence-corrected chi connectivity index (χ0v) is 12.4.